The molecule has 0 spiro atoms. The van der Waals surface area contributed by atoms with Crippen LogP contribution >= 0.6 is 0 Å². The van der Waals surface area contributed by atoms with Crippen LogP contribution in [0.15, 0.2) is 6.07 Å². The molecule has 18 heavy (non-hydrogen) atoms. The van der Waals surface area contributed by atoms with Gasteiger partial charge in [-0.25, -0.2) is 4.39 Å². The van der Waals surface area contributed by atoms with Gasteiger partial charge in [0.15, 0.2) is 23.1 Å². The molecule has 5 heteroatoms. The van der Waals surface area contributed by atoms with Gasteiger partial charge in [-0.3, -0.25) is 4.79 Å². The number of hydrogen-bond donors (Lipinski definition) is 0. The molecule has 0 saturated carbocycles. The number of fused-ring (bicyclic) bond motifs is 1. The SMILES string of the molecule is COc1c(F)cc2c(c1CC(C)=O)OCCCO2. The zero-order valence-electron chi connectivity index (χ0n) is 10.4. The van der Waals surface area contributed by atoms with E-state index in [9.17, 15) is 9.18 Å². The van der Waals surface area contributed by atoms with Gasteiger partial charge >= 0.3 is 0 Å². The highest BCUT2D eigenvalue weighted by Crippen LogP contribution is 2.41. The number of ketones is 1. The Balaban J connectivity index is 2.56. The van der Waals surface area contributed by atoms with E-state index in [4.69, 9.17) is 14.2 Å². The molecule has 4 nitrogen and oxygen atoms in total. The number of carbonyl (C=O) groups excluding carboxylic acids is 1. The van der Waals surface area contributed by atoms with Crippen LogP contribution in [0.4, 0.5) is 4.39 Å². The maximum atomic E-state index is 13.8. The summed E-state index contributed by atoms with van der Waals surface area (Å²) in [5.74, 6) is 0.171. The number of hydrogen-bond acceptors (Lipinski definition) is 4. The summed E-state index contributed by atoms with van der Waals surface area (Å²) >= 11 is 0. The third kappa shape index (κ3) is 2.39. The van der Waals surface area contributed by atoms with Crippen LogP contribution in [0.5, 0.6) is 17.2 Å². The van der Waals surface area contributed by atoms with Gasteiger partial charge in [-0.05, 0) is 6.92 Å². The number of ether oxygens (including phenoxy) is 3. The predicted octanol–water partition coefficient (Wildman–Crippen LogP) is 2.13. The average molecular weight is 254 g/mol. The molecule has 1 aliphatic rings. The van der Waals surface area contributed by atoms with E-state index in [0.717, 1.165) is 6.42 Å². The van der Waals surface area contributed by atoms with Crippen molar-refractivity contribution in [2.45, 2.75) is 19.8 Å². The first-order chi connectivity index (χ1) is 8.63. The van der Waals surface area contributed by atoms with Gasteiger partial charge in [0.25, 0.3) is 0 Å². The molecule has 1 aliphatic heterocycles. The second-order valence-corrected chi connectivity index (χ2v) is 4.13. The molecule has 98 valence electrons. The first kappa shape index (κ1) is 12.7. The van der Waals surface area contributed by atoms with Gasteiger partial charge in [0.1, 0.15) is 5.78 Å². The lowest BCUT2D eigenvalue weighted by molar-refractivity contribution is -0.116. The Morgan fingerprint density at radius 2 is 2.17 bits per heavy atom. The number of Topliss-reactive ketones (excluding diaryl/α,β-unsaturated/α-hetero) is 1. The quantitative estimate of drug-likeness (QED) is 0.828. The summed E-state index contributed by atoms with van der Waals surface area (Å²) in [6.07, 6.45) is 0.782. The molecule has 0 atom stereocenters. The summed E-state index contributed by atoms with van der Waals surface area (Å²) in [5, 5.41) is 0. The van der Waals surface area contributed by atoms with Crippen molar-refractivity contribution < 1.29 is 23.4 Å². The van der Waals surface area contributed by atoms with Gasteiger partial charge in [-0.15, -0.1) is 0 Å². The smallest absolute Gasteiger partial charge is 0.169 e. The fourth-order valence-electron chi connectivity index (χ4n) is 1.95. The first-order valence-electron chi connectivity index (χ1n) is 5.78. The fourth-order valence-corrected chi connectivity index (χ4v) is 1.95. The van der Waals surface area contributed by atoms with E-state index in [2.05, 4.69) is 0 Å². The average Bonchev–Trinajstić information content (AvgIpc) is 2.53. The van der Waals surface area contributed by atoms with E-state index >= 15 is 0 Å². The Kier molecular flexibility index (Phi) is 3.69. The maximum absolute atomic E-state index is 13.8. The molecular formula is C13H15FO4. The summed E-state index contributed by atoms with van der Waals surface area (Å²) in [7, 11) is 1.37. The van der Waals surface area contributed by atoms with E-state index in [1.807, 2.05) is 0 Å². The van der Waals surface area contributed by atoms with Gasteiger partial charge in [-0.1, -0.05) is 0 Å². The number of benzene rings is 1. The van der Waals surface area contributed by atoms with Crippen LogP contribution < -0.4 is 14.2 Å². The lowest BCUT2D eigenvalue weighted by Crippen LogP contribution is -2.06. The van der Waals surface area contributed by atoms with Crippen LogP contribution in [0.2, 0.25) is 0 Å². The van der Waals surface area contributed by atoms with Crippen LogP contribution in [0, 0.1) is 5.82 Å². The minimum atomic E-state index is -0.544. The van der Waals surface area contributed by atoms with Crippen molar-refractivity contribution in [3.8, 4) is 17.2 Å². The highest BCUT2D eigenvalue weighted by atomic mass is 19.1. The summed E-state index contributed by atoms with van der Waals surface area (Å²) in [4.78, 5) is 11.3. The van der Waals surface area contributed by atoms with Crippen LogP contribution in [0.3, 0.4) is 0 Å². The second-order valence-electron chi connectivity index (χ2n) is 4.13. The molecule has 0 unspecified atom stereocenters. The van der Waals surface area contributed by atoms with Crippen molar-refractivity contribution in [3.05, 3.63) is 17.4 Å². The largest absolute Gasteiger partial charge is 0.493 e. The van der Waals surface area contributed by atoms with Gasteiger partial charge in [0.2, 0.25) is 0 Å². The topological polar surface area (TPSA) is 44.8 Å². The van der Waals surface area contributed by atoms with Crippen molar-refractivity contribution in [2.24, 2.45) is 0 Å². The molecule has 0 bridgehead atoms. The normalized spacial score (nSPS) is 13.9. The molecule has 0 aromatic heterocycles. The zero-order chi connectivity index (χ0) is 13.1. The first-order valence-corrected chi connectivity index (χ1v) is 5.78. The van der Waals surface area contributed by atoms with Gasteiger partial charge < -0.3 is 14.2 Å². The lowest BCUT2D eigenvalue weighted by atomic mass is 10.1. The molecule has 0 aliphatic carbocycles. The molecule has 0 radical (unpaired) electrons. The van der Waals surface area contributed by atoms with E-state index in [-0.39, 0.29) is 18.0 Å². The zero-order valence-corrected chi connectivity index (χ0v) is 10.4. The molecule has 1 aromatic carbocycles. The highest BCUT2D eigenvalue weighted by molar-refractivity contribution is 5.80. The molecule has 2 rings (SSSR count). The predicted molar refractivity (Wildman–Crippen MR) is 62.9 cm³/mol. The van der Waals surface area contributed by atoms with Crippen LogP contribution in [-0.4, -0.2) is 26.1 Å². The third-order valence-electron chi connectivity index (χ3n) is 2.67. The van der Waals surface area contributed by atoms with Crippen molar-refractivity contribution in [2.75, 3.05) is 20.3 Å². The Bertz CT molecular complexity index is 471. The Hall–Kier alpha value is -1.78. The third-order valence-corrected chi connectivity index (χ3v) is 2.67. The number of rotatable bonds is 3. The van der Waals surface area contributed by atoms with Gasteiger partial charge in [-0.2, -0.15) is 0 Å². The Morgan fingerprint density at radius 1 is 1.44 bits per heavy atom. The van der Waals surface area contributed by atoms with E-state index in [1.54, 1.807) is 0 Å². The van der Waals surface area contributed by atoms with Gasteiger partial charge in [0, 0.05) is 18.9 Å². The Morgan fingerprint density at radius 3 is 2.83 bits per heavy atom. The van der Waals surface area contributed by atoms with E-state index < -0.39 is 5.82 Å². The lowest BCUT2D eigenvalue weighted by Gasteiger charge is -2.16. The minimum absolute atomic E-state index is 0.0504. The number of carbonyl (C=O) groups is 1. The molecule has 1 heterocycles. The summed E-state index contributed by atoms with van der Waals surface area (Å²) in [6, 6.07) is 1.24. The van der Waals surface area contributed by atoms with Crippen LogP contribution in [0.25, 0.3) is 0 Å². The van der Waals surface area contributed by atoms with Crippen molar-refractivity contribution in [1.29, 1.82) is 0 Å². The molecule has 0 amide bonds. The minimum Gasteiger partial charge on any atom is -0.493 e. The molecule has 0 fully saturated rings. The number of methoxy groups -OCH3 is 1. The fraction of sp³-hybridized carbons (Fsp3) is 0.462. The number of halogens is 1. The summed E-state index contributed by atoms with van der Waals surface area (Å²) in [6.45, 7) is 2.39. The monoisotopic (exact) mass is 254 g/mol. The standard InChI is InChI=1S/C13H15FO4/c1-8(15)6-9-12(16-2)10(14)7-11-13(9)18-5-3-4-17-11/h7H,3-6H2,1-2H3. The summed E-state index contributed by atoms with van der Waals surface area (Å²) < 4.78 is 29.8. The van der Waals surface area contributed by atoms with Crippen LogP contribution in [-0.2, 0) is 11.2 Å². The Labute approximate surface area is 105 Å². The summed E-state index contributed by atoms with van der Waals surface area (Å²) in [5.41, 5.74) is 0.418. The van der Waals surface area contributed by atoms with E-state index in [0.29, 0.717) is 30.3 Å². The molecular weight excluding hydrogens is 239 g/mol. The van der Waals surface area contributed by atoms with Crippen molar-refractivity contribution >= 4 is 5.78 Å². The van der Waals surface area contributed by atoms with Gasteiger partial charge in [0.05, 0.1) is 25.9 Å². The molecule has 1 aromatic rings. The highest BCUT2D eigenvalue weighted by Gasteiger charge is 2.23. The maximum Gasteiger partial charge on any atom is 0.169 e. The van der Waals surface area contributed by atoms with Crippen molar-refractivity contribution in [1.82, 2.24) is 0 Å². The molecule has 0 N–H and O–H groups in total. The second kappa shape index (κ2) is 5.25. The van der Waals surface area contributed by atoms with Crippen LogP contribution in [0.1, 0.15) is 18.9 Å². The van der Waals surface area contributed by atoms with Crippen molar-refractivity contribution in [3.63, 3.8) is 0 Å². The van der Waals surface area contributed by atoms with E-state index in [1.165, 1.54) is 20.1 Å². The molecule has 0 saturated heterocycles.